The van der Waals surface area contributed by atoms with Gasteiger partial charge in [-0.05, 0) is 44.6 Å². The van der Waals surface area contributed by atoms with Gasteiger partial charge < -0.3 is 14.6 Å². The van der Waals surface area contributed by atoms with Crippen molar-refractivity contribution in [1.82, 2.24) is 20.0 Å². The van der Waals surface area contributed by atoms with Gasteiger partial charge in [0.15, 0.2) is 0 Å². The summed E-state index contributed by atoms with van der Waals surface area (Å²) in [5.41, 5.74) is 2.99. The third kappa shape index (κ3) is 4.83. The zero-order valence-electron chi connectivity index (χ0n) is 17.8. The van der Waals surface area contributed by atoms with E-state index in [1.165, 1.54) is 11.8 Å². The number of nitrogens with one attached hydrogen (secondary N) is 1. The molecule has 4 rings (SSSR count). The average Bonchev–Trinajstić information content (AvgIpc) is 3.17. The Morgan fingerprint density at radius 3 is 2.77 bits per heavy atom. The van der Waals surface area contributed by atoms with Gasteiger partial charge in [-0.1, -0.05) is 42.0 Å². The summed E-state index contributed by atoms with van der Waals surface area (Å²) in [7, 11) is 2.07. The number of carbonyl (C=O) groups is 1. The van der Waals surface area contributed by atoms with Crippen molar-refractivity contribution >= 4 is 27.8 Å². The molecule has 2 heterocycles. The van der Waals surface area contributed by atoms with Gasteiger partial charge in [0.1, 0.15) is 17.5 Å². The van der Waals surface area contributed by atoms with Gasteiger partial charge in [0.2, 0.25) is 5.91 Å². The Hall–Kier alpha value is -3.45. The van der Waals surface area contributed by atoms with Crippen LogP contribution in [0.25, 0.3) is 21.9 Å². The molecule has 0 fully saturated rings. The van der Waals surface area contributed by atoms with E-state index >= 15 is 0 Å². The lowest BCUT2D eigenvalue weighted by molar-refractivity contribution is -0.121. The first-order chi connectivity index (χ1) is 15.0. The second kappa shape index (κ2) is 9.14. The molecule has 2 aromatic carbocycles. The van der Waals surface area contributed by atoms with Crippen LogP contribution in [0.4, 0.5) is 0 Å². The molecule has 1 N–H and O–H groups in total. The van der Waals surface area contributed by atoms with Crippen molar-refractivity contribution in [2.45, 2.75) is 26.4 Å². The highest BCUT2D eigenvalue weighted by Crippen LogP contribution is 2.23. The summed E-state index contributed by atoms with van der Waals surface area (Å²) in [5, 5.41) is 8.38. The highest BCUT2D eigenvalue weighted by molar-refractivity contribution is 6.02. The number of hydrogen-bond donors (Lipinski definition) is 1. The number of rotatable bonds is 8. The van der Waals surface area contributed by atoms with Crippen LogP contribution in [0.1, 0.15) is 17.5 Å². The van der Waals surface area contributed by atoms with Crippen LogP contribution in [0.15, 0.2) is 63.9 Å². The van der Waals surface area contributed by atoms with E-state index in [0.717, 1.165) is 30.5 Å². The van der Waals surface area contributed by atoms with Gasteiger partial charge in [0, 0.05) is 18.5 Å². The monoisotopic (exact) mass is 418 g/mol. The van der Waals surface area contributed by atoms with E-state index in [9.17, 15) is 9.59 Å². The lowest BCUT2D eigenvalue weighted by atomic mass is 10.1. The molecule has 0 bridgehead atoms. The van der Waals surface area contributed by atoms with Crippen molar-refractivity contribution in [1.29, 1.82) is 0 Å². The van der Waals surface area contributed by atoms with Crippen LogP contribution in [0, 0.1) is 6.92 Å². The average molecular weight is 418 g/mol. The van der Waals surface area contributed by atoms with Gasteiger partial charge in [-0.2, -0.15) is 5.10 Å². The Kier molecular flexibility index (Phi) is 6.13. The second-order valence-corrected chi connectivity index (χ2v) is 7.88. The number of carbonyl (C=O) groups excluding carboxylic acids is 1. The first kappa shape index (κ1) is 20.8. The number of fused-ring (bicyclic) bond motifs is 3. The largest absolute Gasteiger partial charge is 0.422 e. The van der Waals surface area contributed by atoms with E-state index in [1.807, 2.05) is 37.3 Å². The van der Waals surface area contributed by atoms with Crippen LogP contribution < -0.4 is 10.9 Å². The molecule has 0 aliphatic rings. The number of nitrogens with zero attached hydrogens (tertiary/aromatic N) is 3. The molecule has 0 aliphatic carbocycles. The normalized spacial score (nSPS) is 11.5. The van der Waals surface area contributed by atoms with Crippen molar-refractivity contribution in [3.63, 3.8) is 0 Å². The van der Waals surface area contributed by atoms with Gasteiger partial charge in [0.25, 0.3) is 0 Å². The molecule has 7 heteroatoms. The minimum atomic E-state index is -0.445. The maximum absolute atomic E-state index is 12.5. The predicted molar refractivity (Wildman–Crippen MR) is 121 cm³/mol. The predicted octanol–water partition coefficient (Wildman–Crippen LogP) is 3.09. The minimum absolute atomic E-state index is 0.0514. The van der Waals surface area contributed by atoms with Crippen LogP contribution in [0.5, 0.6) is 0 Å². The Labute approximate surface area is 180 Å². The first-order valence-corrected chi connectivity index (χ1v) is 10.4. The summed E-state index contributed by atoms with van der Waals surface area (Å²) in [6.07, 6.45) is 2.31. The van der Waals surface area contributed by atoms with E-state index in [2.05, 4.69) is 34.5 Å². The van der Waals surface area contributed by atoms with Crippen LogP contribution in [0.2, 0.25) is 0 Å². The smallest absolute Gasteiger partial charge is 0.347 e. The number of benzene rings is 2. The number of aryl methyl sites for hydroxylation is 1. The summed E-state index contributed by atoms with van der Waals surface area (Å²) in [5.74, 6) is -0.134. The fraction of sp³-hybridized carbons (Fsp3) is 0.292. The zero-order chi connectivity index (χ0) is 21.8. The molecule has 4 aromatic rings. The van der Waals surface area contributed by atoms with E-state index in [0.29, 0.717) is 23.0 Å². The van der Waals surface area contributed by atoms with Crippen molar-refractivity contribution in [2.75, 3.05) is 20.1 Å². The molecule has 1 amide bonds. The highest BCUT2D eigenvalue weighted by atomic mass is 16.4. The number of aromatic nitrogens is 2. The fourth-order valence-corrected chi connectivity index (χ4v) is 3.75. The molecule has 0 atom stereocenters. The maximum atomic E-state index is 12.5. The van der Waals surface area contributed by atoms with E-state index in [-0.39, 0.29) is 12.5 Å². The Morgan fingerprint density at radius 1 is 1.16 bits per heavy atom. The number of amides is 1. The van der Waals surface area contributed by atoms with Crippen LogP contribution in [-0.4, -0.2) is 40.7 Å². The molecular formula is C24H26N4O3. The van der Waals surface area contributed by atoms with Crippen LogP contribution in [0.3, 0.4) is 0 Å². The SMILES string of the molecule is Cc1ccc2oc(=O)c3cnn(CC(=O)NCCCN(C)Cc4ccccc4)c3c2c1. The second-order valence-electron chi connectivity index (χ2n) is 7.88. The Balaban J connectivity index is 1.36. The summed E-state index contributed by atoms with van der Waals surface area (Å²) in [6.45, 7) is 4.36. The van der Waals surface area contributed by atoms with Crippen molar-refractivity contribution in [2.24, 2.45) is 0 Å². The highest BCUT2D eigenvalue weighted by Gasteiger charge is 2.15. The quantitative estimate of drug-likeness (QED) is 0.351. The standard InChI is InChI=1S/C24H26N4O3/c1-17-9-10-21-19(13-17)23-20(24(30)31-21)14-26-28(23)16-22(29)25-11-6-12-27(2)15-18-7-4-3-5-8-18/h3-5,7-10,13-14H,6,11-12,15-16H2,1-2H3,(H,25,29). The zero-order valence-corrected chi connectivity index (χ0v) is 17.8. The first-order valence-electron chi connectivity index (χ1n) is 10.4. The van der Waals surface area contributed by atoms with Crippen molar-refractivity contribution < 1.29 is 9.21 Å². The maximum Gasteiger partial charge on any atom is 0.347 e. The summed E-state index contributed by atoms with van der Waals surface area (Å²) >= 11 is 0. The Morgan fingerprint density at radius 2 is 1.97 bits per heavy atom. The van der Waals surface area contributed by atoms with Crippen LogP contribution >= 0.6 is 0 Å². The van der Waals surface area contributed by atoms with E-state index in [4.69, 9.17) is 4.42 Å². The lowest BCUT2D eigenvalue weighted by Gasteiger charge is -2.16. The molecule has 0 radical (unpaired) electrons. The molecule has 2 aromatic heterocycles. The van der Waals surface area contributed by atoms with E-state index < -0.39 is 5.63 Å². The summed E-state index contributed by atoms with van der Waals surface area (Å²) in [4.78, 5) is 27.0. The van der Waals surface area contributed by atoms with Gasteiger partial charge in [-0.15, -0.1) is 0 Å². The van der Waals surface area contributed by atoms with E-state index in [1.54, 1.807) is 10.7 Å². The molecule has 0 spiro atoms. The molecule has 0 unspecified atom stereocenters. The van der Waals surface area contributed by atoms with Gasteiger partial charge in [-0.25, -0.2) is 4.79 Å². The molecule has 7 nitrogen and oxygen atoms in total. The van der Waals surface area contributed by atoms with Gasteiger partial charge in [-0.3, -0.25) is 9.48 Å². The van der Waals surface area contributed by atoms with Crippen molar-refractivity contribution in [3.05, 3.63) is 76.3 Å². The third-order valence-electron chi connectivity index (χ3n) is 5.28. The molecular weight excluding hydrogens is 392 g/mol. The summed E-state index contributed by atoms with van der Waals surface area (Å²) < 4.78 is 6.95. The molecule has 160 valence electrons. The van der Waals surface area contributed by atoms with Gasteiger partial charge >= 0.3 is 5.63 Å². The number of hydrogen-bond acceptors (Lipinski definition) is 5. The van der Waals surface area contributed by atoms with Crippen molar-refractivity contribution in [3.8, 4) is 0 Å². The molecule has 0 aliphatic heterocycles. The Bertz CT molecular complexity index is 1260. The lowest BCUT2D eigenvalue weighted by Crippen LogP contribution is -2.31. The topological polar surface area (TPSA) is 80.4 Å². The minimum Gasteiger partial charge on any atom is -0.422 e. The fourth-order valence-electron chi connectivity index (χ4n) is 3.75. The van der Waals surface area contributed by atoms with Gasteiger partial charge in [0.05, 0.1) is 11.7 Å². The molecule has 31 heavy (non-hydrogen) atoms. The summed E-state index contributed by atoms with van der Waals surface area (Å²) in [6, 6.07) is 15.9. The third-order valence-corrected chi connectivity index (χ3v) is 5.28. The molecule has 0 saturated carbocycles. The van der Waals surface area contributed by atoms with Crippen LogP contribution in [-0.2, 0) is 17.9 Å². The molecule has 0 saturated heterocycles.